The molecule has 0 amide bonds. The van der Waals surface area contributed by atoms with Crippen LogP contribution in [0.1, 0.15) is 27.2 Å². The Hall–Kier alpha value is -0.0400. The maximum atomic E-state index is 2.39. The predicted octanol–water partition coefficient (Wildman–Crippen LogP) is 1.88. The molecule has 1 nitrogen and oxygen atoms in total. The first-order valence-corrected chi connectivity index (χ1v) is 4.44. The van der Waals surface area contributed by atoms with Gasteiger partial charge in [0.2, 0.25) is 0 Å². The second kappa shape index (κ2) is 2.54. The SMILES string of the molecule is CC[N+]1(C)CCC(C)C1C. The standard InChI is InChI=1S/C9H20N/c1-5-10(4)7-6-8(2)9(10)3/h8-9H,5-7H2,1-4H3/q+1. The maximum absolute atomic E-state index is 2.39. The van der Waals surface area contributed by atoms with Crippen LogP contribution in [0.25, 0.3) is 0 Å². The molecule has 0 radical (unpaired) electrons. The molecule has 0 aromatic rings. The lowest BCUT2D eigenvalue weighted by Crippen LogP contribution is -2.47. The van der Waals surface area contributed by atoms with E-state index in [2.05, 4.69) is 27.8 Å². The monoisotopic (exact) mass is 142 g/mol. The summed E-state index contributed by atoms with van der Waals surface area (Å²) in [4.78, 5) is 0. The molecule has 1 aliphatic heterocycles. The molecule has 0 saturated carbocycles. The lowest BCUT2D eigenvalue weighted by atomic mass is 10.0. The molecule has 3 unspecified atom stereocenters. The molecular formula is C9H20N+. The van der Waals surface area contributed by atoms with Crippen molar-refractivity contribution in [1.29, 1.82) is 0 Å². The van der Waals surface area contributed by atoms with Gasteiger partial charge in [-0.3, -0.25) is 0 Å². The zero-order valence-electron chi connectivity index (χ0n) is 7.72. The van der Waals surface area contributed by atoms with Crippen LogP contribution in [0.3, 0.4) is 0 Å². The topological polar surface area (TPSA) is 0 Å². The average molecular weight is 142 g/mol. The zero-order chi connectivity index (χ0) is 7.78. The van der Waals surface area contributed by atoms with Gasteiger partial charge in [0.15, 0.2) is 0 Å². The summed E-state index contributed by atoms with van der Waals surface area (Å²) >= 11 is 0. The molecule has 1 aliphatic rings. The van der Waals surface area contributed by atoms with Crippen LogP contribution in [0.4, 0.5) is 0 Å². The largest absolute Gasteiger partial charge is 0.324 e. The van der Waals surface area contributed by atoms with Crippen molar-refractivity contribution in [1.82, 2.24) is 0 Å². The van der Waals surface area contributed by atoms with Crippen molar-refractivity contribution in [2.45, 2.75) is 33.2 Å². The third kappa shape index (κ3) is 1.07. The molecule has 1 rings (SSSR count). The highest BCUT2D eigenvalue weighted by molar-refractivity contribution is 4.69. The van der Waals surface area contributed by atoms with Crippen molar-refractivity contribution in [2.75, 3.05) is 20.1 Å². The van der Waals surface area contributed by atoms with E-state index in [0.29, 0.717) is 0 Å². The minimum atomic E-state index is 0.880. The molecule has 0 bridgehead atoms. The van der Waals surface area contributed by atoms with Gasteiger partial charge in [0, 0.05) is 12.3 Å². The summed E-state index contributed by atoms with van der Waals surface area (Å²) in [6, 6.07) is 0.880. The molecule has 0 aromatic carbocycles. The molecule has 1 heterocycles. The Bertz CT molecular complexity index is 122. The lowest BCUT2D eigenvalue weighted by Gasteiger charge is -2.34. The quantitative estimate of drug-likeness (QED) is 0.490. The van der Waals surface area contributed by atoms with Gasteiger partial charge in [0.25, 0.3) is 0 Å². The van der Waals surface area contributed by atoms with Crippen molar-refractivity contribution < 1.29 is 4.48 Å². The van der Waals surface area contributed by atoms with Gasteiger partial charge in [-0.1, -0.05) is 6.92 Å². The fourth-order valence-electron chi connectivity index (χ4n) is 2.00. The van der Waals surface area contributed by atoms with Gasteiger partial charge in [0.1, 0.15) is 0 Å². The summed E-state index contributed by atoms with van der Waals surface area (Å²) in [5.41, 5.74) is 0. The molecule has 0 spiro atoms. The van der Waals surface area contributed by atoms with Gasteiger partial charge in [-0.2, -0.15) is 0 Å². The molecule has 60 valence electrons. The molecule has 10 heavy (non-hydrogen) atoms. The molecule has 0 aliphatic carbocycles. The molecule has 1 saturated heterocycles. The van der Waals surface area contributed by atoms with Crippen molar-refractivity contribution in [3.63, 3.8) is 0 Å². The maximum Gasteiger partial charge on any atom is 0.0887 e. The number of nitrogens with zero attached hydrogens (tertiary/aromatic N) is 1. The van der Waals surface area contributed by atoms with E-state index in [1.165, 1.54) is 24.0 Å². The second-order valence-corrected chi connectivity index (χ2v) is 4.03. The summed E-state index contributed by atoms with van der Waals surface area (Å²) in [6.45, 7) is 9.75. The van der Waals surface area contributed by atoms with E-state index in [1.807, 2.05) is 0 Å². The Balaban J connectivity index is 2.64. The van der Waals surface area contributed by atoms with Gasteiger partial charge in [0.05, 0.1) is 26.2 Å². The highest BCUT2D eigenvalue weighted by Crippen LogP contribution is 2.28. The van der Waals surface area contributed by atoms with E-state index in [9.17, 15) is 0 Å². The summed E-state index contributed by atoms with van der Waals surface area (Å²) in [5, 5.41) is 0. The third-order valence-electron chi connectivity index (χ3n) is 3.62. The number of hydrogen-bond acceptors (Lipinski definition) is 0. The van der Waals surface area contributed by atoms with Crippen LogP contribution >= 0.6 is 0 Å². The van der Waals surface area contributed by atoms with Crippen LogP contribution in [0.2, 0.25) is 0 Å². The molecule has 0 N–H and O–H groups in total. The third-order valence-corrected chi connectivity index (χ3v) is 3.62. The smallest absolute Gasteiger partial charge is 0.0887 e. The van der Waals surface area contributed by atoms with E-state index < -0.39 is 0 Å². The number of likely N-dealkylation sites (tertiary alicyclic amines) is 1. The van der Waals surface area contributed by atoms with Crippen molar-refractivity contribution in [3.05, 3.63) is 0 Å². The van der Waals surface area contributed by atoms with E-state index in [0.717, 1.165) is 12.0 Å². The molecule has 0 aromatic heterocycles. The Morgan fingerprint density at radius 1 is 1.40 bits per heavy atom. The van der Waals surface area contributed by atoms with Crippen LogP contribution in [-0.2, 0) is 0 Å². The minimum Gasteiger partial charge on any atom is -0.324 e. The average Bonchev–Trinajstić information content (AvgIpc) is 2.19. The van der Waals surface area contributed by atoms with Gasteiger partial charge in [-0.05, 0) is 13.8 Å². The molecule has 1 heteroatoms. The second-order valence-electron chi connectivity index (χ2n) is 4.03. The van der Waals surface area contributed by atoms with Crippen LogP contribution in [0.5, 0.6) is 0 Å². The normalized spacial score (nSPS) is 48.0. The van der Waals surface area contributed by atoms with E-state index in [4.69, 9.17) is 0 Å². The fourth-order valence-corrected chi connectivity index (χ4v) is 2.00. The van der Waals surface area contributed by atoms with Crippen LogP contribution in [-0.4, -0.2) is 30.7 Å². The van der Waals surface area contributed by atoms with Gasteiger partial charge >= 0.3 is 0 Å². The van der Waals surface area contributed by atoms with Crippen molar-refractivity contribution >= 4 is 0 Å². The van der Waals surface area contributed by atoms with E-state index in [-0.39, 0.29) is 0 Å². The zero-order valence-corrected chi connectivity index (χ0v) is 7.72. The van der Waals surface area contributed by atoms with Crippen LogP contribution in [0, 0.1) is 5.92 Å². The van der Waals surface area contributed by atoms with Crippen molar-refractivity contribution in [3.8, 4) is 0 Å². The van der Waals surface area contributed by atoms with Gasteiger partial charge in [-0.15, -0.1) is 0 Å². The molecule has 3 atom stereocenters. The summed E-state index contributed by atoms with van der Waals surface area (Å²) in [5.74, 6) is 0.935. The summed E-state index contributed by atoms with van der Waals surface area (Å²) in [7, 11) is 2.38. The first-order valence-electron chi connectivity index (χ1n) is 4.44. The predicted molar refractivity (Wildman–Crippen MR) is 44.8 cm³/mol. The summed E-state index contributed by atoms with van der Waals surface area (Å²) < 4.78 is 1.29. The first-order chi connectivity index (χ1) is 4.60. The minimum absolute atomic E-state index is 0.880. The molecule has 1 fully saturated rings. The fraction of sp³-hybridized carbons (Fsp3) is 1.00. The lowest BCUT2D eigenvalue weighted by molar-refractivity contribution is -0.919. The molecular weight excluding hydrogens is 122 g/mol. The van der Waals surface area contributed by atoms with Crippen molar-refractivity contribution in [2.24, 2.45) is 5.92 Å². The first kappa shape index (κ1) is 8.06. The Morgan fingerprint density at radius 2 is 2.00 bits per heavy atom. The number of quaternary nitrogens is 1. The summed E-state index contributed by atoms with van der Waals surface area (Å²) in [6.07, 6.45) is 1.42. The van der Waals surface area contributed by atoms with E-state index >= 15 is 0 Å². The van der Waals surface area contributed by atoms with Gasteiger partial charge in [-0.25, -0.2) is 0 Å². The van der Waals surface area contributed by atoms with E-state index in [1.54, 1.807) is 0 Å². The number of rotatable bonds is 1. The highest BCUT2D eigenvalue weighted by Gasteiger charge is 2.38. The Kier molecular flexibility index (Phi) is 2.04. The van der Waals surface area contributed by atoms with Crippen LogP contribution < -0.4 is 0 Å². The van der Waals surface area contributed by atoms with Crippen LogP contribution in [0.15, 0.2) is 0 Å². The van der Waals surface area contributed by atoms with Gasteiger partial charge < -0.3 is 4.48 Å². The Morgan fingerprint density at radius 3 is 2.20 bits per heavy atom. The Labute approximate surface area is 64.6 Å². The number of hydrogen-bond donors (Lipinski definition) is 0. The highest BCUT2D eigenvalue weighted by atomic mass is 15.4.